The second-order valence-electron chi connectivity index (χ2n) is 4.25. The van der Waals surface area contributed by atoms with Crippen LogP contribution in [0.25, 0.3) is 16.9 Å². The zero-order chi connectivity index (χ0) is 13.6. The van der Waals surface area contributed by atoms with Crippen LogP contribution in [-0.2, 0) is 0 Å². The number of benzene rings is 1. The Hall–Kier alpha value is -1.72. The minimum absolute atomic E-state index is 0.339. The molecule has 0 aliphatic rings. The van der Waals surface area contributed by atoms with E-state index in [4.69, 9.17) is 23.8 Å². The molecule has 3 rings (SSSR count). The monoisotopic (exact) mass is 293 g/mol. The summed E-state index contributed by atoms with van der Waals surface area (Å²) in [5.74, 6) is -0.339. The molecule has 0 aliphatic carbocycles. The number of hydrogen-bond acceptors (Lipinski definition) is 2. The number of H-pyrrole nitrogens is 1. The van der Waals surface area contributed by atoms with Gasteiger partial charge in [0, 0.05) is 6.20 Å². The van der Waals surface area contributed by atoms with Gasteiger partial charge in [-0.25, -0.2) is 9.37 Å². The standard InChI is InChI=1S/C13H9ClFN3S/c1-7-2-3-11(9(15)4-7)18-12-10(17-13(18)19)5-8(14)6-16-12/h2-6H,1H3,(H,17,19). The zero-order valence-corrected chi connectivity index (χ0v) is 11.5. The Labute approximate surface area is 118 Å². The highest BCUT2D eigenvalue weighted by molar-refractivity contribution is 7.71. The van der Waals surface area contributed by atoms with Crippen LogP contribution in [0.5, 0.6) is 0 Å². The first-order valence-corrected chi connectivity index (χ1v) is 6.37. The molecule has 0 spiro atoms. The molecular weight excluding hydrogens is 285 g/mol. The van der Waals surface area contributed by atoms with Crippen molar-refractivity contribution in [1.29, 1.82) is 0 Å². The lowest BCUT2D eigenvalue weighted by molar-refractivity contribution is 0.617. The Morgan fingerprint density at radius 3 is 2.89 bits per heavy atom. The molecule has 6 heteroatoms. The molecule has 19 heavy (non-hydrogen) atoms. The van der Waals surface area contributed by atoms with E-state index in [0.717, 1.165) is 5.56 Å². The molecule has 2 aromatic heterocycles. The first kappa shape index (κ1) is 12.3. The fourth-order valence-electron chi connectivity index (χ4n) is 1.99. The van der Waals surface area contributed by atoms with E-state index in [0.29, 0.717) is 26.6 Å². The van der Waals surface area contributed by atoms with E-state index in [1.54, 1.807) is 16.7 Å². The highest BCUT2D eigenvalue weighted by atomic mass is 35.5. The van der Waals surface area contributed by atoms with Crippen molar-refractivity contribution in [3.63, 3.8) is 0 Å². The Morgan fingerprint density at radius 1 is 1.37 bits per heavy atom. The topological polar surface area (TPSA) is 33.6 Å². The lowest BCUT2D eigenvalue weighted by atomic mass is 10.2. The largest absolute Gasteiger partial charge is 0.329 e. The number of aromatic amines is 1. The normalized spacial score (nSPS) is 11.1. The van der Waals surface area contributed by atoms with Crippen LogP contribution in [0.4, 0.5) is 4.39 Å². The van der Waals surface area contributed by atoms with Crippen molar-refractivity contribution in [1.82, 2.24) is 14.5 Å². The Morgan fingerprint density at radius 2 is 2.16 bits per heavy atom. The van der Waals surface area contributed by atoms with Crippen molar-refractivity contribution in [3.8, 4) is 5.69 Å². The molecule has 3 aromatic rings. The van der Waals surface area contributed by atoms with E-state index < -0.39 is 0 Å². The summed E-state index contributed by atoms with van der Waals surface area (Å²) in [6, 6.07) is 6.69. The third-order valence-electron chi connectivity index (χ3n) is 2.83. The van der Waals surface area contributed by atoms with Crippen molar-refractivity contribution in [3.05, 3.63) is 51.6 Å². The summed E-state index contributed by atoms with van der Waals surface area (Å²) >= 11 is 11.1. The number of halogens is 2. The van der Waals surface area contributed by atoms with Crippen LogP contribution in [0.2, 0.25) is 5.02 Å². The smallest absolute Gasteiger partial charge is 0.184 e. The molecule has 2 heterocycles. The van der Waals surface area contributed by atoms with Gasteiger partial charge < -0.3 is 4.98 Å². The van der Waals surface area contributed by atoms with Crippen LogP contribution < -0.4 is 0 Å². The maximum absolute atomic E-state index is 14.1. The summed E-state index contributed by atoms with van der Waals surface area (Å²) in [5, 5.41) is 0.500. The zero-order valence-electron chi connectivity index (χ0n) is 9.95. The second kappa shape index (κ2) is 4.43. The highest BCUT2D eigenvalue weighted by Gasteiger charge is 2.12. The SMILES string of the molecule is Cc1ccc(-n2c(=S)[nH]c3cc(Cl)cnc32)c(F)c1. The van der Waals surface area contributed by atoms with Crippen LogP contribution in [0.3, 0.4) is 0 Å². The second-order valence-corrected chi connectivity index (χ2v) is 5.07. The lowest BCUT2D eigenvalue weighted by Gasteiger charge is -2.06. The number of imidazole rings is 1. The number of aromatic nitrogens is 3. The summed E-state index contributed by atoms with van der Waals surface area (Å²) in [7, 11) is 0. The fourth-order valence-corrected chi connectivity index (χ4v) is 2.44. The van der Waals surface area contributed by atoms with Crippen LogP contribution in [0.1, 0.15) is 5.56 Å². The minimum Gasteiger partial charge on any atom is -0.329 e. The quantitative estimate of drug-likeness (QED) is 0.683. The van der Waals surface area contributed by atoms with Gasteiger partial charge in [0.1, 0.15) is 5.82 Å². The van der Waals surface area contributed by atoms with Crippen LogP contribution in [0, 0.1) is 17.5 Å². The third kappa shape index (κ3) is 2.05. The Kier molecular flexibility index (Phi) is 2.88. The number of nitrogens with zero attached hydrogens (tertiary/aromatic N) is 2. The minimum atomic E-state index is -0.339. The molecule has 1 aromatic carbocycles. The van der Waals surface area contributed by atoms with E-state index in [1.807, 2.05) is 13.0 Å². The average molecular weight is 294 g/mol. The predicted octanol–water partition coefficient (Wildman–Crippen LogP) is 4.18. The lowest BCUT2D eigenvalue weighted by Crippen LogP contribution is -1.99. The van der Waals surface area contributed by atoms with Gasteiger partial charge in [-0.2, -0.15) is 0 Å². The van der Waals surface area contributed by atoms with Gasteiger partial charge in [-0.05, 0) is 42.9 Å². The van der Waals surface area contributed by atoms with Gasteiger partial charge in [0.15, 0.2) is 10.4 Å². The molecule has 0 aliphatic heterocycles. The van der Waals surface area contributed by atoms with Gasteiger partial charge >= 0.3 is 0 Å². The molecule has 0 amide bonds. The van der Waals surface area contributed by atoms with E-state index >= 15 is 0 Å². The summed E-state index contributed by atoms with van der Waals surface area (Å²) in [4.78, 5) is 7.18. The first-order valence-electron chi connectivity index (χ1n) is 5.59. The van der Waals surface area contributed by atoms with Crippen molar-refractivity contribution < 1.29 is 4.39 Å². The summed E-state index contributed by atoms with van der Waals surface area (Å²) in [6.45, 7) is 1.83. The van der Waals surface area contributed by atoms with E-state index in [9.17, 15) is 4.39 Å². The highest BCUT2D eigenvalue weighted by Crippen LogP contribution is 2.22. The summed E-state index contributed by atoms with van der Waals surface area (Å²) in [6.07, 6.45) is 1.51. The molecule has 1 N–H and O–H groups in total. The molecular formula is C13H9ClFN3S. The van der Waals surface area contributed by atoms with Gasteiger partial charge in [0.2, 0.25) is 0 Å². The molecule has 0 fully saturated rings. The van der Waals surface area contributed by atoms with E-state index in [-0.39, 0.29) is 5.82 Å². The van der Waals surface area contributed by atoms with Gasteiger partial charge in [-0.1, -0.05) is 17.7 Å². The number of hydrogen-bond donors (Lipinski definition) is 1. The summed E-state index contributed by atoms with van der Waals surface area (Å²) < 4.78 is 16.0. The van der Waals surface area contributed by atoms with Gasteiger partial charge in [-0.3, -0.25) is 4.57 Å². The molecule has 0 radical (unpaired) electrons. The van der Waals surface area contributed by atoms with Gasteiger partial charge in [0.25, 0.3) is 0 Å². The van der Waals surface area contributed by atoms with Crippen LogP contribution in [0.15, 0.2) is 30.5 Å². The van der Waals surface area contributed by atoms with Crippen LogP contribution in [-0.4, -0.2) is 14.5 Å². The van der Waals surface area contributed by atoms with Gasteiger partial charge in [0.05, 0.1) is 16.2 Å². The fraction of sp³-hybridized carbons (Fsp3) is 0.0769. The molecule has 96 valence electrons. The van der Waals surface area contributed by atoms with E-state index in [2.05, 4.69) is 9.97 Å². The summed E-state index contributed by atoms with van der Waals surface area (Å²) in [5.41, 5.74) is 2.45. The number of fused-ring (bicyclic) bond motifs is 1. The molecule has 3 nitrogen and oxygen atoms in total. The van der Waals surface area contributed by atoms with E-state index in [1.165, 1.54) is 12.3 Å². The third-order valence-corrected chi connectivity index (χ3v) is 3.33. The number of aryl methyl sites for hydroxylation is 1. The molecule has 0 saturated carbocycles. The van der Waals surface area contributed by atoms with Crippen molar-refractivity contribution in [2.24, 2.45) is 0 Å². The average Bonchev–Trinajstić information content (AvgIpc) is 2.65. The Balaban J connectivity index is 2.36. The van der Waals surface area contributed by atoms with Crippen LogP contribution >= 0.6 is 23.8 Å². The maximum atomic E-state index is 14.1. The van der Waals surface area contributed by atoms with Crippen molar-refractivity contribution in [2.75, 3.05) is 0 Å². The molecule has 0 unspecified atom stereocenters. The Bertz CT molecular complexity index is 838. The molecule has 0 saturated heterocycles. The molecule has 0 bridgehead atoms. The number of nitrogens with one attached hydrogen (secondary N) is 1. The van der Waals surface area contributed by atoms with Gasteiger partial charge in [-0.15, -0.1) is 0 Å². The first-order chi connectivity index (χ1) is 9.06. The number of pyridine rings is 1. The molecule has 0 atom stereocenters. The van der Waals surface area contributed by atoms with Crippen molar-refractivity contribution >= 4 is 35.0 Å². The number of rotatable bonds is 1. The maximum Gasteiger partial charge on any atom is 0.184 e. The van der Waals surface area contributed by atoms with Crippen molar-refractivity contribution in [2.45, 2.75) is 6.92 Å². The predicted molar refractivity (Wildman–Crippen MR) is 76.0 cm³/mol.